The second kappa shape index (κ2) is 4.44. The molecule has 0 amide bonds. The fourth-order valence-electron chi connectivity index (χ4n) is 1.98. The van der Waals surface area contributed by atoms with Crippen LogP contribution < -0.4 is 0 Å². The molecule has 1 saturated carbocycles. The van der Waals surface area contributed by atoms with E-state index in [0.717, 1.165) is 19.3 Å². The number of carbonyl (C=O) groups is 1. The average Bonchev–Trinajstić information content (AvgIpc) is 2.20. The number of hydrogen-bond acceptors (Lipinski definition) is 1. The van der Waals surface area contributed by atoms with Crippen LogP contribution in [-0.4, -0.2) is 5.78 Å². The molecule has 0 N–H and O–H groups in total. The van der Waals surface area contributed by atoms with Gasteiger partial charge >= 0.3 is 0 Å². The zero-order valence-corrected chi connectivity index (χ0v) is 7.88. The molecule has 1 aliphatic rings. The van der Waals surface area contributed by atoms with Gasteiger partial charge in [-0.15, -0.1) is 6.58 Å². The second-order valence-electron chi connectivity index (χ2n) is 3.79. The van der Waals surface area contributed by atoms with Gasteiger partial charge < -0.3 is 0 Å². The Labute approximate surface area is 74.9 Å². The summed E-state index contributed by atoms with van der Waals surface area (Å²) in [6, 6.07) is 0. The van der Waals surface area contributed by atoms with Crippen molar-refractivity contribution in [3.8, 4) is 0 Å². The van der Waals surface area contributed by atoms with E-state index in [2.05, 4.69) is 13.5 Å². The third-order valence-electron chi connectivity index (χ3n) is 2.93. The van der Waals surface area contributed by atoms with E-state index in [1.54, 1.807) is 0 Å². The monoisotopic (exact) mass is 166 g/mol. The van der Waals surface area contributed by atoms with Crippen LogP contribution in [0.1, 0.15) is 39.0 Å². The summed E-state index contributed by atoms with van der Waals surface area (Å²) in [6.07, 6.45) is 7.27. The molecule has 0 aromatic rings. The van der Waals surface area contributed by atoms with E-state index in [-0.39, 0.29) is 5.92 Å². The smallest absolute Gasteiger partial charge is 0.135 e. The van der Waals surface area contributed by atoms with Crippen molar-refractivity contribution in [2.45, 2.75) is 39.0 Å². The molecule has 0 spiro atoms. The molecule has 2 atom stereocenters. The molecule has 0 aromatic carbocycles. The third-order valence-corrected chi connectivity index (χ3v) is 2.93. The molecule has 1 heteroatoms. The van der Waals surface area contributed by atoms with Crippen LogP contribution in [0, 0.1) is 11.8 Å². The van der Waals surface area contributed by atoms with Crippen LogP contribution >= 0.6 is 0 Å². The number of carbonyl (C=O) groups excluding carboxylic acids is 1. The van der Waals surface area contributed by atoms with Crippen molar-refractivity contribution in [1.82, 2.24) is 0 Å². The van der Waals surface area contributed by atoms with Crippen LogP contribution in [0.3, 0.4) is 0 Å². The minimum Gasteiger partial charge on any atom is -0.299 e. The van der Waals surface area contributed by atoms with Gasteiger partial charge in [0.15, 0.2) is 0 Å². The first kappa shape index (κ1) is 9.50. The van der Waals surface area contributed by atoms with Crippen LogP contribution in [0.25, 0.3) is 0 Å². The molecule has 1 nitrogen and oxygen atoms in total. The van der Waals surface area contributed by atoms with E-state index in [0.29, 0.717) is 11.7 Å². The van der Waals surface area contributed by atoms with Gasteiger partial charge in [-0.1, -0.05) is 19.4 Å². The predicted octanol–water partition coefficient (Wildman–Crippen LogP) is 2.96. The van der Waals surface area contributed by atoms with E-state index >= 15 is 0 Å². The summed E-state index contributed by atoms with van der Waals surface area (Å²) in [5.41, 5.74) is 0. The lowest BCUT2D eigenvalue weighted by molar-refractivity contribution is -0.123. The van der Waals surface area contributed by atoms with Crippen molar-refractivity contribution >= 4 is 5.78 Å². The molecule has 0 saturated heterocycles. The van der Waals surface area contributed by atoms with Crippen molar-refractivity contribution in [3.63, 3.8) is 0 Å². The lowest BCUT2D eigenvalue weighted by Crippen LogP contribution is -2.17. The van der Waals surface area contributed by atoms with Crippen LogP contribution in [0.5, 0.6) is 0 Å². The maximum Gasteiger partial charge on any atom is 0.135 e. The van der Waals surface area contributed by atoms with Gasteiger partial charge in [0.2, 0.25) is 0 Å². The number of ketones is 1. The van der Waals surface area contributed by atoms with Gasteiger partial charge in [0.1, 0.15) is 5.78 Å². The quantitative estimate of drug-likeness (QED) is 0.455. The zero-order chi connectivity index (χ0) is 8.97. The molecule has 0 heterocycles. The third kappa shape index (κ3) is 2.20. The summed E-state index contributed by atoms with van der Waals surface area (Å²) in [4.78, 5) is 11.5. The molecule has 1 rings (SSSR count). The molecule has 0 aromatic heterocycles. The minimum absolute atomic E-state index is 0.269. The van der Waals surface area contributed by atoms with Crippen LogP contribution in [0.15, 0.2) is 12.7 Å². The maximum absolute atomic E-state index is 11.5. The Kier molecular flexibility index (Phi) is 3.51. The summed E-state index contributed by atoms with van der Waals surface area (Å²) in [7, 11) is 0. The Morgan fingerprint density at radius 2 is 2.33 bits per heavy atom. The highest BCUT2D eigenvalue weighted by Crippen LogP contribution is 2.28. The van der Waals surface area contributed by atoms with Crippen LogP contribution in [0.4, 0.5) is 0 Å². The van der Waals surface area contributed by atoms with E-state index in [1.165, 1.54) is 12.8 Å². The average molecular weight is 166 g/mol. The molecular formula is C11H18O. The van der Waals surface area contributed by atoms with Gasteiger partial charge in [-0.05, 0) is 25.2 Å². The van der Waals surface area contributed by atoms with Gasteiger partial charge in [0.05, 0.1) is 0 Å². The van der Waals surface area contributed by atoms with E-state index in [1.807, 2.05) is 6.08 Å². The second-order valence-corrected chi connectivity index (χ2v) is 3.79. The molecule has 0 radical (unpaired) electrons. The molecule has 0 unspecified atom stereocenters. The van der Waals surface area contributed by atoms with Crippen molar-refractivity contribution in [2.24, 2.45) is 11.8 Å². The van der Waals surface area contributed by atoms with Gasteiger partial charge in [0, 0.05) is 12.3 Å². The first-order valence-corrected chi connectivity index (χ1v) is 4.89. The van der Waals surface area contributed by atoms with Gasteiger partial charge in [0.25, 0.3) is 0 Å². The van der Waals surface area contributed by atoms with Gasteiger partial charge in [-0.2, -0.15) is 0 Å². The number of hydrogen-bond donors (Lipinski definition) is 0. The minimum atomic E-state index is 0.269. The van der Waals surface area contributed by atoms with Crippen molar-refractivity contribution in [3.05, 3.63) is 12.7 Å². The lowest BCUT2D eigenvalue weighted by Gasteiger charge is -2.17. The normalized spacial score (nSPS) is 31.2. The Bertz CT molecular complexity index is 172. The van der Waals surface area contributed by atoms with Crippen molar-refractivity contribution in [2.75, 3.05) is 0 Å². The standard InChI is InChI=1S/C11H18O/c1-3-6-10-7-4-5-8-11(12)9(10)2/h3,9-10H,1,4-8H2,2H3/t9-,10+/m0/s1. The molecular weight excluding hydrogens is 148 g/mol. The van der Waals surface area contributed by atoms with Crippen molar-refractivity contribution < 1.29 is 4.79 Å². The molecule has 68 valence electrons. The summed E-state index contributed by atoms with van der Waals surface area (Å²) >= 11 is 0. The van der Waals surface area contributed by atoms with E-state index < -0.39 is 0 Å². The molecule has 12 heavy (non-hydrogen) atoms. The Morgan fingerprint density at radius 1 is 1.58 bits per heavy atom. The van der Waals surface area contributed by atoms with Crippen LogP contribution in [-0.2, 0) is 4.79 Å². The van der Waals surface area contributed by atoms with Gasteiger partial charge in [-0.25, -0.2) is 0 Å². The van der Waals surface area contributed by atoms with Crippen molar-refractivity contribution in [1.29, 1.82) is 0 Å². The highest BCUT2D eigenvalue weighted by Gasteiger charge is 2.24. The van der Waals surface area contributed by atoms with E-state index in [4.69, 9.17) is 0 Å². The van der Waals surface area contributed by atoms with E-state index in [9.17, 15) is 4.79 Å². The molecule has 1 aliphatic carbocycles. The predicted molar refractivity (Wildman–Crippen MR) is 50.9 cm³/mol. The Morgan fingerprint density at radius 3 is 3.00 bits per heavy atom. The van der Waals surface area contributed by atoms with Gasteiger partial charge in [-0.3, -0.25) is 4.79 Å². The maximum atomic E-state index is 11.5. The first-order valence-electron chi connectivity index (χ1n) is 4.89. The fraction of sp³-hybridized carbons (Fsp3) is 0.727. The molecule has 0 bridgehead atoms. The lowest BCUT2D eigenvalue weighted by atomic mass is 9.86. The molecule has 0 aliphatic heterocycles. The topological polar surface area (TPSA) is 17.1 Å². The SMILES string of the molecule is C=CC[C@@H]1CCCCC(=O)[C@H]1C. The Hall–Kier alpha value is -0.590. The highest BCUT2D eigenvalue weighted by molar-refractivity contribution is 5.81. The number of Topliss-reactive ketones (excluding diaryl/α,β-unsaturated/α-hetero) is 1. The summed E-state index contributed by atoms with van der Waals surface area (Å²) in [6.45, 7) is 5.80. The largest absolute Gasteiger partial charge is 0.299 e. The fourth-order valence-corrected chi connectivity index (χ4v) is 1.98. The van der Waals surface area contributed by atoms with Crippen LogP contribution in [0.2, 0.25) is 0 Å². The summed E-state index contributed by atoms with van der Waals surface area (Å²) < 4.78 is 0. The highest BCUT2D eigenvalue weighted by atomic mass is 16.1. The Balaban J connectivity index is 2.57. The summed E-state index contributed by atoms with van der Waals surface area (Å²) in [5, 5.41) is 0. The number of allylic oxidation sites excluding steroid dienone is 1. The zero-order valence-electron chi connectivity index (χ0n) is 7.88. The molecule has 1 fully saturated rings. The first-order chi connectivity index (χ1) is 5.75. The summed E-state index contributed by atoms with van der Waals surface area (Å²) in [5.74, 6) is 1.29. The number of rotatable bonds is 2.